The Morgan fingerprint density at radius 2 is 1.04 bits per heavy atom. The third-order valence-corrected chi connectivity index (χ3v) is 5.00. The normalized spacial score (nSPS) is 10.8. The molecule has 4 aromatic rings. The van der Waals surface area contributed by atoms with Crippen molar-refractivity contribution in [1.82, 2.24) is 4.57 Å². The Hall–Kier alpha value is -2.48. The minimum Gasteiger partial charge on any atom is -0.308 e. The summed E-state index contributed by atoms with van der Waals surface area (Å²) in [5.74, 6) is 0. The van der Waals surface area contributed by atoms with Crippen LogP contribution < -0.4 is 0 Å². The molecule has 0 bridgehead atoms. The average Bonchev–Trinajstić information content (AvgIpc) is 3.10. The average molecular weight is 364 g/mol. The maximum absolute atomic E-state index is 6.55. The molecule has 0 saturated carbocycles. The molecular weight excluding hydrogens is 349 g/mol. The Labute approximate surface area is 157 Å². The largest absolute Gasteiger partial charge is 0.308 e. The van der Waals surface area contributed by atoms with E-state index in [1.165, 1.54) is 0 Å². The molecule has 0 amide bonds. The van der Waals surface area contributed by atoms with Gasteiger partial charge in [-0.3, -0.25) is 0 Å². The van der Waals surface area contributed by atoms with E-state index >= 15 is 0 Å². The lowest BCUT2D eigenvalue weighted by molar-refractivity contribution is 1.09. The molecule has 1 heterocycles. The van der Waals surface area contributed by atoms with Gasteiger partial charge in [0.2, 0.25) is 0 Å². The van der Waals surface area contributed by atoms with Gasteiger partial charge >= 0.3 is 0 Å². The van der Waals surface area contributed by atoms with Crippen molar-refractivity contribution in [2.24, 2.45) is 0 Å². The first kappa shape index (κ1) is 16.0. The number of nitrogens with zero attached hydrogens (tertiary/aromatic N) is 1. The summed E-state index contributed by atoms with van der Waals surface area (Å²) in [5.41, 5.74) is 5.27. The molecule has 0 aliphatic rings. The number of hydrogen-bond donors (Lipinski definition) is 0. The smallest absolute Gasteiger partial charge is 0.0832 e. The highest BCUT2D eigenvalue weighted by Crippen LogP contribution is 2.37. The van der Waals surface area contributed by atoms with Crippen LogP contribution in [0.25, 0.3) is 28.2 Å². The molecule has 0 unspecified atom stereocenters. The predicted molar refractivity (Wildman–Crippen MR) is 107 cm³/mol. The lowest BCUT2D eigenvalue weighted by Gasteiger charge is -2.16. The van der Waals surface area contributed by atoms with Crippen molar-refractivity contribution in [3.8, 4) is 28.2 Å². The van der Waals surface area contributed by atoms with E-state index in [9.17, 15) is 0 Å². The maximum Gasteiger partial charge on any atom is 0.0832 e. The summed E-state index contributed by atoms with van der Waals surface area (Å²) >= 11 is 12.8. The molecule has 0 atom stereocenters. The molecule has 0 N–H and O–H groups in total. The monoisotopic (exact) mass is 363 g/mol. The quantitative estimate of drug-likeness (QED) is 0.365. The van der Waals surface area contributed by atoms with Crippen molar-refractivity contribution in [3.63, 3.8) is 0 Å². The topological polar surface area (TPSA) is 4.93 Å². The van der Waals surface area contributed by atoms with Gasteiger partial charge in [0.15, 0.2) is 0 Å². The zero-order chi connectivity index (χ0) is 17.2. The minimum atomic E-state index is 0.547. The van der Waals surface area contributed by atoms with Crippen LogP contribution in [0.5, 0.6) is 0 Å². The molecule has 1 nitrogen and oxygen atoms in total. The predicted octanol–water partition coefficient (Wildman–Crippen LogP) is 7.12. The molecular formula is C22H15Cl2N. The van der Waals surface area contributed by atoms with E-state index in [2.05, 4.69) is 41.0 Å². The van der Waals surface area contributed by atoms with Crippen LogP contribution in [0.15, 0.2) is 91.0 Å². The molecule has 3 aromatic carbocycles. The van der Waals surface area contributed by atoms with Crippen molar-refractivity contribution < 1.29 is 0 Å². The molecule has 0 aliphatic carbocycles. The number of aromatic nitrogens is 1. The second-order valence-electron chi connectivity index (χ2n) is 5.74. The van der Waals surface area contributed by atoms with E-state index in [1.807, 2.05) is 48.5 Å². The zero-order valence-electron chi connectivity index (χ0n) is 13.4. The Morgan fingerprint density at radius 3 is 1.56 bits per heavy atom. The highest BCUT2D eigenvalue weighted by atomic mass is 35.5. The summed E-state index contributed by atoms with van der Waals surface area (Å²) in [5, 5.41) is 1.10. The fourth-order valence-corrected chi connectivity index (χ4v) is 3.41. The molecule has 0 fully saturated rings. The highest BCUT2D eigenvalue weighted by molar-refractivity contribution is 6.43. The van der Waals surface area contributed by atoms with Crippen molar-refractivity contribution in [3.05, 3.63) is 101 Å². The maximum atomic E-state index is 6.55. The van der Waals surface area contributed by atoms with Gasteiger partial charge in [0.25, 0.3) is 0 Å². The fourth-order valence-electron chi connectivity index (χ4n) is 3.03. The first-order valence-electron chi connectivity index (χ1n) is 8.02. The Bertz CT molecular complexity index is 948. The summed E-state index contributed by atoms with van der Waals surface area (Å²) < 4.78 is 2.17. The fraction of sp³-hybridized carbons (Fsp3) is 0. The lowest BCUT2D eigenvalue weighted by atomic mass is 10.1. The molecule has 0 aliphatic heterocycles. The number of rotatable bonds is 3. The van der Waals surface area contributed by atoms with Gasteiger partial charge in [0.05, 0.1) is 27.1 Å². The third-order valence-electron chi connectivity index (χ3n) is 4.19. The van der Waals surface area contributed by atoms with E-state index in [4.69, 9.17) is 23.2 Å². The van der Waals surface area contributed by atoms with Gasteiger partial charge in [-0.1, -0.05) is 89.9 Å². The summed E-state index contributed by atoms with van der Waals surface area (Å²) in [7, 11) is 0. The van der Waals surface area contributed by atoms with Crippen LogP contribution in [0, 0.1) is 0 Å². The van der Waals surface area contributed by atoms with E-state index in [1.54, 1.807) is 6.07 Å². The van der Waals surface area contributed by atoms with E-state index < -0.39 is 0 Å². The number of hydrogen-bond acceptors (Lipinski definition) is 0. The molecule has 0 saturated heterocycles. The van der Waals surface area contributed by atoms with Crippen LogP contribution in [0.1, 0.15) is 0 Å². The molecule has 1 aromatic heterocycles. The van der Waals surface area contributed by atoms with Gasteiger partial charge in [0, 0.05) is 0 Å². The Kier molecular flexibility index (Phi) is 4.35. The van der Waals surface area contributed by atoms with Gasteiger partial charge in [-0.15, -0.1) is 0 Å². The van der Waals surface area contributed by atoms with Crippen LogP contribution in [-0.4, -0.2) is 4.57 Å². The van der Waals surface area contributed by atoms with Crippen LogP contribution in [-0.2, 0) is 0 Å². The van der Waals surface area contributed by atoms with Gasteiger partial charge in [-0.2, -0.15) is 0 Å². The standard InChI is InChI=1S/C22H15Cl2N/c23-18-12-7-13-21(22(18)24)25-19(16-8-3-1-4-9-16)14-15-20(25)17-10-5-2-6-11-17/h1-15H. The SMILES string of the molecule is Clc1cccc(-n2c(-c3ccccc3)ccc2-c2ccccc2)c1Cl. The van der Waals surface area contributed by atoms with Gasteiger partial charge in [0.1, 0.15) is 0 Å². The first-order valence-corrected chi connectivity index (χ1v) is 8.78. The van der Waals surface area contributed by atoms with Gasteiger partial charge in [-0.05, 0) is 35.4 Å². The summed E-state index contributed by atoms with van der Waals surface area (Å²) in [6, 6.07) is 30.5. The molecule has 122 valence electrons. The molecule has 3 heteroatoms. The first-order chi connectivity index (χ1) is 12.3. The summed E-state index contributed by atoms with van der Waals surface area (Å²) in [4.78, 5) is 0. The Morgan fingerprint density at radius 1 is 0.520 bits per heavy atom. The van der Waals surface area contributed by atoms with Crippen LogP contribution in [0.3, 0.4) is 0 Å². The number of benzene rings is 3. The van der Waals surface area contributed by atoms with E-state index in [0.29, 0.717) is 10.0 Å². The summed E-state index contributed by atoms with van der Waals surface area (Å²) in [6.07, 6.45) is 0. The minimum absolute atomic E-state index is 0.547. The van der Waals surface area contributed by atoms with Crippen molar-refractivity contribution in [2.45, 2.75) is 0 Å². The zero-order valence-corrected chi connectivity index (χ0v) is 14.9. The Balaban J connectivity index is 2.02. The van der Waals surface area contributed by atoms with Gasteiger partial charge < -0.3 is 4.57 Å². The molecule has 4 rings (SSSR count). The van der Waals surface area contributed by atoms with Crippen molar-refractivity contribution in [2.75, 3.05) is 0 Å². The molecule has 0 spiro atoms. The lowest BCUT2D eigenvalue weighted by Crippen LogP contribution is -2.00. The van der Waals surface area contributed by atoms with Crippen molar-refractivity contribution >= 4 is 23.2 Å². The van der Waals surface area contributed by atoms with Crippen LogP contribution in [0.2, 0.25) is 10.0 Å². The highest BCUT2D eigenvalue weighted by Gasteiger charge is 2.16. The van der Waals surface area contributed by atoms with Crippen molar-refractivity contribution in [1.29, 1.82) is 0 Å². The van der Waals surface area contributed by atoms with E-state index in [0.717, 1.165) is 28.2 Å². The second kappa shape index (κ2) is 6.79. The number of halogens is 2. The third kappa shape index (κ3) is 2.97. The second-order valence-corrected chi connectivity index (χ2v) is 6.53. The molecule has 25 heavy (non-hydrogen) atoms. The van der Waals surface area contributed by atoms with Crippen LogP contribution in [0.4, 0.5) is 0 Å². The van der Waals surface area contributed by atoms with Gasteiger partial charge in [-0.25, -0.2) is 0 Å². The van der Waals surface area contributed by atoms with E-state index in [-0.39, 0.29) is 0 Å². The summed E-state index contributed by atoms with van der Waals surface area (Å²) in [6.45, 7) is 0. The van der Waals surface area contributed by atoms with Crippen LogP contribution >= 0.6 is 23.2 Å². The molecule has 0 radical (unpaired) electrons.